The first-order valence-electron chi connectivity index (χ1n) is 3.83. The Bertz CT molecular complexity index is 279. The quantitative estimate of drug-likeness (QED) is 0.677. The van der Waals surface area contributed by atoms with Crippen LogP contribution in [0.3, 0.4) is 0 Å². The van der Waals surface area contributed by atoms with Crippen molar-refractivity contribution < 1.29 is 9.47 Å². The highest BCUT2D eigenvalue weighted by molar-refractivity contribution is 14.1. The molecule has 3 heteroatoms. The molecular weight excluding hydrogens is 267 g/mol. The molecule has 1 aromatic carbocycles. The van der Waals surface area contributed by atoms with Crippen LogP contribution in [-0.4, -0.2) is 13.2 Å². The van der Waals surface area contributed by atoms with Crippen molar-refractivity contribution in [2.45, 2.75) is 6.92 Å². The molecule has 0 bridgehead atoms. The van der Waals surface area contributed by atoms with E-state index in [0.29, 0.717) is 13.2 Å². The van der Waals surface area contributed by atoms with Gasteiger partial charge in [-0.2, -0.15) is 0 Å². The van der Waals surface area contributed by atoms with Crippen molar-refractivity contribution in [3.63, 3.8) is 0 Å². The lowest BCUT2D eigenvalue weighted by molar-refractivity contribution is 0.171. The van der Waals surface area contributed by atoms with E-state index < -0.39 is 0 Å². The molecule has 1 aliphatic heterocycles. The number of ether oxygens (including phenoxy) is 2. The smallest absolute Gasteiger partial charge is 0.162 e. The van der Waals surface area contributed by atoms with Gasteiger partial charge in [-0.05, 0) is 47.2 Å². The molecule has 0 N–H and O–H groups in total. The maximum absolute atomic E-state index is 5.43. The standard InChI is InChI=1S/C9H9IO2/c1-6-4-8-9(5-7(6)10)12-3-2-11-8/h4-5H,2-3H2,1H3. The van der Waals surface area contributed by atoms with Gasteiger partial charge in [-0.3, -0.25) is 0 Å². The molecule has 64 valence electrons. The van der Waals surface area contributed by atoms with Gasteiger partial charge in [0.15, 0.2) is 11.5 Å². The summed E-state index contributed by atoms with van der Waals surface area (Å²) in [6.45, 7) is 3.39. The van der Waals surface area contributed by atoms with Gasteiger partial charge in [0, 0.05) is 3.57 Å². The van der Waals surface area contributed by atoms with Gasteiger partial charge in [-0.1, -0.05) is 0 Å². The molecule has 0 radical (unpaired) electrons. The molecule has 0 aromatic heterocycles. The largest absolute Gasteiger partial charge is 0.486 e. The maximum Gasteiger partial charge on any atom is 0.162 e. The Morgan fingerprint density at radius 2 is 1.75 bits per heavy atom. The Balaban J connectivity index is 2.49. The van der Waals surface area contributed by atoms with E-state index >= 15 is 0 Å². The molecule has 1 heterocycles. The SMILES string of the molecule is Cc1cc2c(cc1I)OCCO2. The third kappa shape index (κ3) is 1.37. The molecule has 0 aliphatic carbocycles. The number of hydrogen-bond acceptors (Lipinski definition) is 2. The van der Waals surface area contributed by atoms with Gasteiger partial charge in [-0.25, -0.2) is 0 Å². The second kappa shape index (κ2) is 3.12. The highest BCUT2D eigenvalue weighted by atomic mass is 127. The lowest BCUT2D eigenvalue weighted by Crippen LogP contribution is -2.15. The Labute approximate surface area is 85.0 Å². The van der Waals surface area contributed by atoms with Crippen LogP contribution in [0.2, 0.25) is 0 Å². The summed E-state index contributed by atoms with van der Waals surface area (Å²) >= 11 is 2.29. The summed E-state index contributed by atoms with van der Waals surface area (Å²) in [4.78, 5) is 0. The number of aryl methyl sites for hydroxylation is 1. The van der Waals surface area contributed by atoms with E-state index in [1.807, 2.05) is 12.1 Å². The van der Waals surface area contributed by atoms with Gasteiger partial charge >= 0.3 is 0 Å². The molecule has 2 rings (SSSR count). The normalized spacial score (nSPS) is 14.5. The monoisotopic (exact) mass is 276 g/mol. The molecule has 1 aromatic rings. The summed E-state index contributed by atoms with van der Waals surface area (Å²) in [5, 5.41) is 0. The predicted octanol–water partition coefficient (Wildman–Crippen LogP) is 2.37. The molecule has 1 aliphatic rings. The number of rotatable bonds is 0. The van der Waals surface area contributed by atoms with E-state index in [0.717, 1.165) is 11.5 Å². The van der Waals surface area contributed by atoms with Crippen molar-refractivity contribution in [3.8, 4) is 11.5 Å². The van der Waals surface area contributed by atoms with Gasteiger partial charge in [-0.15, -0.1) is 0 Å². The molecule has 0 saturated heterocycles. The summed E-state index contributed by atoms with van der Waals surface area (Å²) in [6, 6.07) is 4.04. The predicted molar refractivity (Wildman–Crippen MR) is 54.9 cm³/mol. The second-order valence-electron chi connectivity index (χ2n) is 2.75. The molecule has 12 heavy (non-hydrogen) atoms. The minimum absolute atomic E-state index is 0.659. The summed E-state index contributed by atoms with van der Waals surface area (Å²) in [5.41, 5.74) is 1.24. The van der Waals surface area contributed by atoms with Crippen LogP contribution in [0.1, 0.15) is 5.56 Å². The molecule has 0 saturated carbocycles. The van der Waals surface area contributed by atoms with E-state index in [1.165, 1.54) is 9.13 Å². The lowest BCUT2D eigenvalue weighted by atomic mass is 10.2. The first-order chi connectivity index (χ1) is 5.77. The van der Waals surface area contributed by atoms with Gasteiger partial charge in [0.2, 0.25) is 0 Å². The minimum Gasteiger partial charge on any atom is -0.486 e. The summed E-state index contributed by atoms with van der Waals surface area (Å²) in [5.74, 6) is 1.75. The topological polar surface area (TPSA) is 18.5 Å². The Kier molecular flexibility index (Phi) is 2.12. The first kappa shape index (κ1) is 8.16. The zero-order valence-corrected chi connectivity index (χ0v) is 8.92. The van der Waals surface area contributed by atoms with Crippen molar-refractivity contribution in [2.75, 3.05) is 13.2 Å². The van der Waals surface area contributed by atoms with E-state index in [2.05, 4.69) is 29.5 Å². The van der Waals surface area contributed by atoms with Crippen molar-refractivity contribution in [1.82, 2.24) is 0 Å². The zero-order valence-electron chi connectivity index (χ0n) is 6.76. The summed E-state index contributed by atoms with van der Waals surface area (Å²) in [7, 11) is 0. The zero-order chi connectivity index (χ0) is 8.55. The number of benzene rings is 1. The van der Waals surface area contributed by atoms with E-state index in [9.17, 15) is 0 Å². The van der Waals surface area contributed by atoms with Crippen LogP contribution in [0.5, 0.6) is 11.5 Å². The van der Waals surface area contributed by atoms with Crippen molar-refractivity contribution in [2.24, 2.45) is 0 Å². The minimum atomic E-state index is 0.659. The van der Waals surface area contributed by atoms with Crippen LogP contribution < -0.4 is 9.47 Å². The van der Waals surface area contributed by atoms with Crippen LogP contribution in [0.15, 0.2) is 12.1 Å². The van der Waals surface area contributed by atoms with E-state index in [4.69, 9.17) is 9.47 Å². The molecule has 0 fully saturated rings. The van der Waals surface area contributed by atoms with Crippen LogP contribution in [0.25, 0.3) is 0 Å². The fourth-order valence-electron chi connectivity index (χ4n) is 1.17. The second-order valence-corrected chi connectivity index (χ2v) is 3.91. The van der Waals surface area contributed by atoms with Gasteiger partial charge < -0.3 is 9.47 Å². The fourth-order valence-corrected chi connectivity index (χ4v) is 1.60. The van der Waals surface area contributed by atoms with E-state index in [-0.39, 0.29) is 0 Å². The summed E-state index contributed by atoms with van der Waals surface area (Å²) in [6.07, 6.45) is 0. The van der Waals surface area contributed by atoms with Crippen molar-refractivity contribution in [1.29, 1.82) is 0 Å². The van der Waals surface area contributed by atoms with Gasteiger partial charge in [0.1, 0.15) is 13.2 Å². The number of halogens is 1. The lowest BCUT2D eigenvalue weighted by Gasteiger charge is -2.19. The molecule has 0 atom stereocenters. The van der Waals surface area contributed by atoms with Crippen molar-refractivity contribution >= 4 is 22.6 Å². The van der Waals surface area contributed by atoms with Crippen LogP contribution in [0, 0.1) is 10.5 Å². The van der Waals surface area contributed by atoms with Gasteiger partial charge in [0.05, 0.1) is 0 Å². The molecule has 0 amide bonds. The third-order valence-electron chi connectivity index (χ3n) is 1.82. The Hall–Kier alpha value is -0.450. The highest BCUT2D eigenvalue weighted by Gasteiger charge is 2.12. The molecule has 0 unspecified atom stereocenters. The average molecular weight is 276 g/mol. The fraction of sp³-hybridized carbons (Fsp3) is 0.333. The van der Waals surface area contributed by atoms with Crippen LogP contribution in [-0.2, 0) is 0 Å². The third-order valence-corrected chi connectivity index (χ3v) is 2.99. The average Bonchev–Trinajstić information content (AvgIpc) is 2.07. The van der Waals surface area contributed by atoms with E-state index in [1.54, 1.807) is 0 Å². The summed E-state index contributed by atoms with van der Waals surface area (Å²) < 4.78 is 12.1. The van der Waals surface area contributed by atoms with Gasteiger partial charge in [0.25, 0.3) is 0 Å². The van der Waals surface area contributed by atoms with Crippen molar-refractivity contribution in [3.05, 3.63) is 21.3 Å². The van der Waals surface area contributed by atoms with Crippen LogP contribution in [0.4, 0.5) is 0 Å². The molecule has 2 nitrogen and oxygen atoms in total. The molecular formula is C9H9IO2. The molecule has 0 spiro atoms. The Morgan fingerprint density at radius 3 is 2.42 bits per heavy atom. The number of hydrogen-bond donors (Lipinski definition) is 0. The van der Waals surface area contributed by atoms with Crippen LogP contribution >= 0.6 is 22.6 Å². The maximum atomic E-state index is 5.43. The first-order valence-corrected chi connectivity index (χ1v) is 4.91. The highest BCUT2D eigenvalue weighted by Crippen LogP contribution is 2.33. The number of fused-ring (bicyclic) bond motifs is 1. The Morgan fingerprint density at radius 1 is 1.17 bits per heavy atom.